The monoisotopic (exact) mass is 302 g/mol. The largest absolute Gasteiger partial charge is 0.326 e. The van der Waals surface area contributed by atoms with Crippen LogP contribution in [0.3, 0.4) is 0 Å². The zero-order valence-corrected chi connectivity index (χ0v) is 13.1. The van der Waals surface area contributed by atoms with Gasteiger partial charge in [-0.1, -0.05) is 12.1 Å². The molecule has 2 N–H and O–H groups in total. The second kappa shape index (κ2) is 7.89. The van der Waals surface area contributed by atoms with E-state index in [9.17, 15) is 8.42 Å². The maximum absolute atomic E-state index is 12.2. The molecule has 0 aliphatic carbocycles. The van der Waals surface area contributed by atoms with Gasteiger partial charge < -0.3 is 10.6 Å². The normalized spacial score (nSPS) is 12.0. The molecular formula is C13H22N2O2S2. The molecule has 0 saturated carbocycles. The first-order chi connectivity index (χ1) is 8.99. The van der Waals surface area contributed by atoms with Crippen molar-refractivity contribution in [3.05, 3.63) is 29.8 Å². The quantitative estimate of drug-likeness (QED) is 0.782. The molecule has 19 heavy (non-hydrogen) atoms. The maximum Gasteiger partial charge on any atom is 0.179 e. The van der Waals surface area contributed by atoms with Gasteiger partial charge in [0.2, 0.25) is 0 Å². The molecule has 0 unspecified atom stereocenters. The van der Waals surface area contributed by atoms with Gasteiger partial charge in [0.25, 0.3) is 0 Å². The molecule has 0 bridgehead atoms. The lowest BCUT2D eigenvalue weighted by atomic mass is 10.2. The van der Waals surface area contributed by atoms with Gasteiger partial charge in [-0.2, -0.15) is 11.8 Å². The molecule has 108 valence electrons. The van der Waals surface area contributed by atoms with Crippen LogP contribution in [-0.4, -0.2) is 51.2 Å². The highest BCUT2D eigenvalue weighted by molar-refractivity contribution is 7.98. The van der Waals surface area contributed by atoms with Gasteiger partial charge in [0, 0.05) is 25.4 Å². The maximum atomic E-state index is 12.2. The molecule has 0 radical (unpaired) electrons. The summed E-state index contributed by atoms with van der Waals surface area (Å²) in [6.07, 6.45) is 2.04. The molecule has 1 aromatic rings. The van der Waals surface area contributed by atoms with Crippen molar-refractivity contribution in [2.75, 3.05) is 37.9 Å². The van der Waals surface area contributed by atoms with Crippen molar-refractivity contribution >= 4 is 21.6 Å². The summed E-state index contributed by atoms with van der Waals surface area (Å²) < 4.78 is 24.4. The van der Waals surface area contributed by atoms with Gasteiger partial charge in [0.15, 0.2) is 9.84 Å². The van der Waals surface area contributed by atoms with E-state index in [1.165, 1.54) is 0 Å². The second-order valence-corrected chi connectivity index (χ2v) is 7.56. The number of nitrogens with two attached hydrogens (primary N) is 1. The summed E-state index contributed by atoms with van der Waals surface area (Å²) in [4.78, 5) is 2.41. The number of benzene rings is 1. The molecule has 0 aliphatic rings. The average molecular weight is 302 g/mol. The summed E-state index contributed by atoms with van der Waals surface area (Å²) in [5.41, 5.74) is 6.38. The molecule has 0 saturated heterocycles. The fourth-order valence-corrected chi connectivity index (χ4v) is 3.52. The molecule has 0 aromatic heterocycles. The van der Waals surface area contributed by atoms with Crippen LogP contribution >= 0.6 is 11.8 Å². The number of hydrogen-bond acceptors (Lipinski definition) is 5. The van der Waals surface area contributed by atoms with Crippen molar-refractivity contribution in [1.82, 2.24) is 4.90 Å². The predicted molar refractivity (Wildman–Crippen MR) is 82.3 cm³/mol. The standard InChI is InChI=1S/C13H22N2O2S2/c1-15(6-8-18-2)7-9-19(16,17)13-5-3-4-12(10-13)11-14/h3-5,10H,6-9,11,14H2,1-2H3. The first-order valence-corrected chi connectivity index (χ1v) is 9.23. The lowest BCUT2D eigenvalue weighted by Gasteiger charge is -2.15. The Morgan fingerprint density at radius 2 is 2.05 bits per heavy atom. The highest BCUT2D eigenvalue weighted by Crippen LogP contribution is 2.13. The molecular weight excluding hydrogens is 280 g/mol. The van der Waals surface area contributed by atoms with E-state index in [2.05, 4.69) is 0 Å². The number of nitrogens with zero attached hydrogens (tertiary/aromatic N) is 1. The fourth-order valence-electron chi connectivity index (χ4n) is 1.62. The Labute approximate surface area is 120 Å². The second-order valence-electron chi connectivity index (χ2n) is 4.47. The van der Waals surface area contributed by atoms with Crippen LogP contribution in [0.1, 0.15) is 5.56 Å². The summed E-state index contributed by atoms with van der Waals surface area (Å²) in [7, 11) is -1.27. The van der Waals surface area contributed by atoms with E-state index in [1.54, 1.807) is 30.0 Å². The van der Waals surface area contributed by atoms with Gasteiger partial charge in [0.1, 0.15) is 0 Å². The van der Waals surface area contributed by atoms with Crippen LogP contribution in [-0.2, 0) is 16.4 Å². The third kappa shape index (κ3) is 5.52. The van der Waals surface area contributed by atoms with Gasteiger partial charge in [0.05, 0.1) is 10.6 Å². The molecule has 1 rings (SSSR count). The Kier molecular flexibility index (Phi) is 6.85. The smallest absolute Gasteiger partial charge is 0.179 e. The molecule has 6 heteroatoms. The molecule has 1 aromatic carbocycles. The van der Waals surface area contributed by atoms with Crippen LogP contribution in [0, 0.1) is 0 Å². The highest BCUT2D eigenvalue weighted by atomic mass is 32.2. The zero-order chi connectivity index (χ0) is 14.3. The summed E-state index contributed by atoms with van der Waals surface area (Å²) in [6.45, 7) is 1.81. The molecule has 0 spiro atoms. The van der Waals surface area contributed by atoms with Gasteiger partial charge >= 0.3 is 0 Å². The molecule has 0 amide bonds. The molecule has 4 nitrogen and oxygen atoms in total. The van der Waals surface area contributed by atoms with E-state index in [-0.39, 0.29) is 5.75 Å². The summed E-state index contributed by atoms with van der Waals surface area (Å²) >= 11 is 1.76. The van der Waals surface area contributed by atoms with Crippen molar-refractivity contribution < 1.29 is 8.42 Å². The summed E-state index contributed by atoms with van der Waals surface area (Å²) in [6, 6.07) is 6.88. The Bertz CT molecular complexity index is 489. The zero-order valence-electron chi connectivity index (χ0n) is 11.5. The topological polar surface area (TPSA) is 63.4 Å². The van der Waals surface area contributed by atoms with Gasteiger partial charge in [-0.25, -0.2) is 8.42 Å². The minimum absolute atomic E-state index is 0.145. The van der Waals surface area contributed by atoms with E-state index in [1.807, 2.05) is 24.3 Å². The van der Waals surface area contributed by atoms with Crippen LogP contribution in [0.15, 0.2) is 29.2 Å². The van der Waals surface area contributed by atoms with E-state index in [0.29, 0.717) is 18.0 Å². The van der Waals surface area contributed by atoms with Crippen molar-refractivity contribution in [1.29, 1.82) is 0 Å². The summed E-state index contributed by atoms with van der Waals surface area (Å²) in [5.74, 6) is 1.16. The van der Waals surface area contributed by atoms with Crippen molar-refractivity contribution in [2.24, 2.45) is 5.73 Å². The van der Waals surface area contributed by atoms with E-state index < -0.39 is 9.84 Å². The lowest BCUT2D eigenvalue weighted by Crippen LogP contribution is -2.27. The summed E-state index contributed by atoms with van der Waals surface area (Å²) in [5, 5.41) is 0. The van der Waals surface area contributed by atoms with Crippen molar-refractivity contribution in [3.63, 3.8) is 0 Å². The SMILES string of the molecule is CSCCN(C)CCS(=O)(=O)c1cccc(CN)c1. The van der Waals surface area contributed by atoms with Crippen molar-refractivity contribution in [2.45, 2.75) is 11.4 Å². The predicted octanol–water partition coefficient (Wildman–Crippen LogP) is 1.21. The van der Waals surface area contributed by atoms with Gasteiger partial charge in [-0.3, -0.25) is 0 Å². The first-order valence-electron chi connectivity index (χ1n) is 6.19. The molecule has 0 heterocycles. The molecule has 0 fully saturated rings. The number of rotatable bonds is 8. The average Bonchev–Trinajstić information content (AvgIpc) is 2.43. The van der Waals surface area contributed by atoms with Crippen LogP contribution < -0.4 is 5.73 Å². The number of thioether (sulfide) groups is 1. The van der Waals surface area contributed by atoms with E-state index >= 15 is 0 Å². The third-order valence-corrected chi connectivity index (χ3v) is 5.20. The Hall–Kier alpha value is -0.560. The number of sulfone groups is 1. The van der Waals surface area contributed by atoms with Gasteiger partial charge in [-0.15, -0.1) is 0 Å². The van der Waals surface area contributed by atoms with Crippen LogP contribution in [0.5, 0.6) is 0 Å². The lowest BCUT2D eigenvalue weighted by molar-refractivity contribution is 0.376. The van der Waals surface area contributed by atoms with Crippen LogP contribution in [0.2, 0.25) is 0 Å². The minimum Gasteiger partial charge on any atom is -0.326 e. The Morgan fingerprint density at radius 1 is 1.32 bits per heavy atom. The highest BCUT2D eigenvalue weighted by Gasteiger charge is 2.15. The van der Waals surface area contributed by atoms with Gasteiger partial charge in [-0.05, 0) is 31.0 Å². The van der Waals surface area contributed by atoms with Crippen LogP contribution in [0.25, 0.3) is 0 Å². The molecule has 0 aliphatic heterocycles. The first kappa shape index (κ1) is 16.5. The Morgan fingerprint density at radius 3 is 2.68 bits per heavy atom. The van der Waals surface area contributed by atoms with Crippen LogP contribution in [0.4, 0.5) is 0 Å². The fraction of sp³-hybridized carbons (Fsp3) is 0.538. The van der Waals surface area contributed by atoms with Crippen molar-refractivity contribution in [3.8, 4) is 0 Å². The van der Waals surface area contributed by atoms with E-state index in [0.717, 1.165) is 17.9 Å². The minimum atomic E-state index is -3.22. The van der Waals surface area contributed by atoms with E-state index in [4.69, 9.17) is 5.73 Å². The third-order valence-electron chi connectivity index (χ3n) is 2.91. The Balaban J connectivity index is 2.65. The number of hydrogen-bond donors (Lipinski definition) is 1. The molecule has 0 atom stereocenters.